The van der Waals surface area contributed by atoms with Crippen LogP contribution < -0.4 is 0 Å². The van der Waals surface area contributed by atoms with Gasteiger partial charge in [0.2, 0.25) is 0 Å². The predicted molar refractivity (Wildman–Crippen MR) is 134 cm³/mol. The molecule has 34 heavy (non-hydrogen) atoms. The zero-order chi connectivity index (χ0) is 25.1. The lowest BCUT2D eigenvalue weighted by molar-refractivity contribution is -0.152. The molecule has 1 aromatic rings. The average Bonchev–Trinajstić information content (AvgIpc) is 3.49. The highest BCUT2D eigenvalue weighted by molar-refractivity contribution is 7.09. The molecule has 1 aromatic heterocycles. The molecule has 7 heteroatoms. The minimum Gasteiger partial charge on any atom is -0.457 e. The van der Waals surface area contributed by atoms with Gasteiger partial charge >= 0.3 is 5.97 Å². The summed E-state index contributed by atoms with van der Waals surface area (Å²) in [4.78, 5) is 30.6. The lowest BCUT2D eigenvalue weighted by Crippen LogP contribution is -2.44. The smallest absolute Gasteiger partial charge is 0.309 e. The zero-order valence-corrected chi connectivity index (χ0v) is 21.9. The van der Waals surface area contributed by atoms with Gasteiger partial charge in [-0.05, 0) is 63.0 Å². The van der Waals surface area contributed by atoms with Gasteiger partial charge in [0.1, 0.15) is 11.9 Å². The first-order valence-electron chi connectivity index (χ1n) is 12.3. The van der Waals surface area contributed by atoms with Crippen LogP contribution in [-0.4, -0.2) is 45.3 Å². The first kappa shape index (κ1) is 26.8. The Morgan fingerprint density at radius 1 is 1.21 bits per heavy atom. The third-order valence-corrected chi connectivity index (χ3v) is 8.26. The molecule has 2 N–H and O–H groups in total. The predicted octanol–water partition coefficient (Wildman–Crippen LogP) is 5.02. The van der Waals surface area contributed by atoms with E-state index in [-0.39, 0.29) is 12.2 Å². The molecule has 6 nitrogen and oxygen atoms in total. The van der Waals surface area contributed by atoms with Gasteiger partial charge in [0.15, 0.2) is 0 Å². The van der Waals surface area contributed by atoms with Crippen molar-refractivity contribution in [1.82, 2.24) is 4.98 Å². The number of carbonyl (C=O) groups is 2. The molecule has 1 saturated carbocycles. The van der Waals surface area contributed by atoms with Crippen molar-refractivity contribution in [3.63, 3.8) is 0 Å². The van der Waals surface area contributed by atoms with Gasteiger partial charge in [0.05, 0.1) is 34.7 Å². The topological polar surface area (TPSA) is 96.7 Å². The van der Waals surface area contributed by atoms with Crippen LogP contribution in [0.4, 0.5) is 0 Å². The second-order valence-corrected chi connectivity index (χ2v) is 11.8. The molecule has 2 aliphatic rings. The number of esters is 1. The van der Waals surface area contributed by atoms with E-state index in [1.54, 1.807) is 18.3 Å². The Bertz CT molecular complexity index is 943. The summed E-state index contributed by atoms with van der Waals surface area (Å²) in [6, 6.07) is 0. The fourth-order valence-corrected chi connectivity index (χ4v) is 5.54. The molecule has 1 aliphatic carbocycles. The molecular weight excluding hydrogens is 450 g/mol. The van der Waals surface area contributed by atoms with Crippen LogP contribution in [0.3, 0.4) is 0 Å². The van der Waals surface area contributed by atoms with Crippen LogP contribution in [0.1, 0.15) is 83.3 Å². The molecule has 188 valence electrons. The summed E-state index contributed by atoms with van der Waals surface area (Å²) < 4.78 is 5.80. The van der Waals surface area contributed by atoms with Crippen LogP contribution in [0.5, 0.6) is 0 Å². The van der Waals surface area contributed by atoms with Crippen LogP contribution in [-0.2, 0) is 14.3 Å². The molecule has 1 spiro atoms. The van der Waals surface area contributed by atoms with Gasteiger partial charge in [-0.3, -0.25) is 9.59 Å². The third kappa shape index (κ3) is 6.23. The number of carbonyl (C=O) groups excluding carboxylic acids is 2. The molecule has 0 saturated heterocycles. The molecule has 1 fully saturated rings. The number of aromatic nitrogens is 1. The van der Waals surface area contributed by atoms with Crippen molar-refractivity contribution in [2.45, 2.75) is 97.9 Å². The minimum atomic E-state index is -1.11. The van der Waals surface area contributed by atoms with Gasteiger partial charge in [0.25, 0.3) is 0 Å². The van der Waals surface area contributed by atoms with E-state index in [9.17, 15) is 19.8 Å². The summed E-state index contributed by atoms with van der Waals surface area (Å²) >= 11 is 1.57. The second-order valence-electron chi connectivity index (χ2n) is 10.7. The fourth-order valence-electron chi connectivity index (χ4n) is 4.97. The van der Waals surface area contributed by atoms with E-state index in [0.29, 0.717) is 19.3 Å². The Labute approximate surface area is 207 Å². The number of hydrogen-bond donors (Lipinski definition) is 2. The summed E-state index contributed by atoms with van der Waals surface area (Å²) in [6.45, 7) is 9.60. The van der Waals surface area contributed by atoms with Crippen LogP contribution in [0.15, 0.2) is 23.1 Å². The number of nitrogens with zero attached hydrogens (tertiary/aromatic N) is 1. The molecular formula is C27H39NO5S. The van der Waals surface area contributed by atoms with Gasteiger partial charge in [-0.2, -0.15) is 0 Å². The maximum Gasteiger partial charge on any atom is 0.309 e. The van der Waals surface area contributed by atoms with E-state index in [0.717, 1.165) is 35.5 Å². The Balaban J connectivity index is 1.83. The standard InChI is InChI=1S/C27H39NO5S/c1-17(14-20-16-34-19(3)28-20)21-10-8-6-7-9-11-26(4,5)24(31)18(2)25(32)27(12-13-27)22(29)15-23(30)33-21/h6,8,14,16,18,21-22,24,29,31H,7,9-13,15H2,1-5H3/b8-6-,17-14+/t18-,21-,22+,24+/m1/s1. The summed E-state index contributed by atoms with van der Waals surface area (Å²) in [5.41, 5.74) is 0.344. The summed E-state index contributed by atoms with van der Waals surface area (Å²) in [7, 11) is 0. The second kappa shape index (κ2) is 10.8. The van der Waals surface area contributed by atoms with Crippen molar-refractivity contribution in [1.29, 1.82) is 0 Å². The van der Waals surface area contributed by atoms with Crippen molar-refractivity contribution < 1.29 is 24.5 Å². The van der Waals surface area contributed by atoms with Crippen molar-refractivity contribution in [2.75, 3.05) is 0 Å². The summed E-state index contributed by atoms with van der Waals surface area (Å²) in [6.07, 6.45) is 7.53. The summed E-state index contributed by atoms with van der Waals surface area (Å²) in [5, 5.41) is 24.8. The monoisotopic (exact) mass is 489 g/mol. The Kier molecular flexibility index (Phi) is 8.53. The van der Waals surface area contributed by atoms with Crippen molar-refractivity contribution >= 4 is 29.2 Å². The van der Waals surface area contributed by atoms with Gasteiger partial charge in [-0.25, -0.2) is 4.98 Å². The maximum absolute atomic E-state index is 13.3. The van der Waals surface area contributed by atoms with Crippen molar-refractivity contribution in [2.24, 2.45) is 16.7 Å². The lowest BCUT2D eigenvalue weighted by atomic mass is 9.72. The Morgan fingerprint density at radius 3 is 2.53 bits per heavy atom. The fraction of sp³-hybridized carbons (Fsp3) is 0.667. The molecule has 0 unspecified atom stereocenters. The van der Waals surface area contributed by atoms with E-state index in [1.807, 2.05) is 45.2 Å². The van der Waals surface area contributed by atoms with E-state index in [1.165, 1.54) is 0 Å². The highest BCUT2D eigenvalue weighted by Gasteiger charge is 2.58. The van der Waals surface area contributed by atoms with Crippen molar-refractivity contribution in [3.05, 3.63) is 33.8 Å². The number of hydrogen-bond acceptors (Lipinski definition) is 7. The Morgan fingerprint density at radius 2 is 1.91 bits per heavy atom. The van der Waals surface area contributed by atoms with E-state index < -0.39 is 41.0 Å². The van der Waals surface area contributed by atoms with Gasteiger partial charge in [0, 0.05) is 17.7 Å². The number of allylic oxidation sites excluding steroid dienone is 1. The van der Waals surface area contributed by atoms with Crippen LogP contribution in [0.2, 0.25) is 0 Å². The quantitative estimate of drug-likeness (QED) is 0.447. The number of rotatable bonds is 2. The number of aliphatic hydroxyl groups is 2. The molecule has 4 atom stereocenters. The van der Waals surface area contributed by atoms with E-state index in [4.69, 9.17) is 4.74 Å². The highest BCUT2D eigenvalue weighted by atomic mass is 32.1. The molecule has 2 heterocycles. The third-order valence-electron chi connectivity index (χ3n) is 7.47. The van der Waals surface area contributed by atoms with E-state index >= 15 is 0 Å². The van der Waals surface area contributed by atoms with E-state index in [2.05, 4.69) is 11.1 Å². The summed E-state index contributed by atoms with van der Waals surface area (Å²) in [5.74, 6) is -1.27. The number of aliphatic hydroxyl groups excluding tert-OH is 2. The number of ether oxygens (including phenoxy) is 1. The largest absolute Gasteiger partial charge is 0.457 e. The average molecular weight is 490 g/mol. The number of Topliss-reactive ketones (excluding diaryl/α,β-unsaturated/α-hetero) is 1. The number of cyclic esters (lactones) is 1. The molecule has 0 aromatic carbocycles. The maximum atomic E-state index is 13.3. The number of thiazole rings is 1. The Hall–Kier alpha value is -1.83. The first-order chi connectivity index (χ1) is 16.0. The zero-order valence-electron chi connectivity index (χ0n) is 21.0. The van der Waals surface area contributed by atoms with Crippen LogP contribution in [0.25, 0.3) is 6.08 Å². The SMILES string of the molecule is C/C(=C\c1csc(C)n1)[C@H]1C/C=C\CCCC(C)(C)[C@@H](O)[C@@H](C)C(=O)C2(CC2)[C@@H](O)CC(=O)O1. The molecule has 3 rings (SSSR count). The minimum absolute atomic E-state index is 0.146. The lowest BCUT2D eigenvalue weighted by Gasteiger charge is -2.36. The molecule has 0 radical (unpaired) electrons. The van der Waals surface area contributed by atoms with Gasteiger partial charge in [-0.15, -0.1) is 11.3 Å². The van der Waals surface area contributed by atoms with Crippen molar-refractivity contribution in [3.8, 4) is 0 Å². The van der Waals surface area contributed by atoms with Gasteiger partial charge < -0.3 is 14.9 Å². The number of ketones is 1. The molecule has 0 amide bonds. The number of aryl methyl sites for hydroxylation is 1. The molecule has 0 bridgehead atoms. The first-order valence-corrected chi connectivity index (χ1v) is 13.2. The molecule has 1 aliphatic heterocycles. The normalized spacial score (nSPS) is 31.8. The van der Waals surface area contributed by atoms with Gasteiger partial charge in [-0.1, -0.05) is 32.9 Å². The van der Waals surface area contributed by atoms with Crippen LogP contribution in [0, 0.1) is 23.7 Å². The van der Waals surface area contributed by atoms with Crippen LogP contribution >= 0.6 is 11.3 Å². The highest BCUT2D eigenvalue weighted by Crippen LogP contribution is 2.53.